The van der Waals surface area contributed by atoms with Crippen LogP contribution in [0.3, 0.4) is 0 Å². The van der Waals surface area contributed by atoms with Gasteiger partial charge in [-0.25, -0.2) is 12.8 Å². The van der Waals surface area contributed by atoms with E-state index in [-0.39, 0.29) is 35.3 Å². The lowest BCUT2D eigenvalue weighted by Crippen LogP contribution is -2.54. The number of halogens is 2. The van der Waals surface area contributed by atoms with E-state index in [2.05, 4.69) is 5.32 Å². The normalized spacial score (nSPS) is 12.7. The lowest BCUT2D eigenvalue weighted by Gasteiger charge is -2.34. The molecule has 0 aliphatic heterocycles. The number of hydrogen-bond acceptors (Lipinski definition) is 5. The van der Waals surface area contributed by atoms with E-state index in [9.17, 15) is 22.4 Å². The highest BCUT2D eigenvalue weighted by atomic mass is 35.5. The first-order valence-electron chi connectivity index (χ1n) is 13.1. The summed E-state index contributed by atoms with van der Waals surface area (Å²) < 4.78 is 46.7. The van der Waals surface area contributed by atoms with Crippen LogP contribution < -0.4 is 14.4 Å². The Morgan fingerprint density at radius 1 is 1.05 bits per heavy atom. The van der Waals surface area contributed by atoms with Crippen LogP contribution in [-0.2, 0) is 32.6 Å². The molecular formula is C30H35ClFN3O5S. The summed E-state index contributed by atoms with van der Waals surface area (Å²) in [6.07, 6.45) is 1.76. The Morgan fingerprint density at radius 2 is 1.71 bits per heavy atom. The van der Waals surface area contributed by atoms with Crippen LogP contribution in [0.5, 0.6) is 5.75 Å². The maximum absolute atomic E-state index is 14.8. The van der Waals surface area contributed by atoms with Gasteiger partial charge in [0.05, 0.1) is 24.1 Å². The van der Waals surface area contributed by atoms with Gasteiger partial charge in [0.2, 0.25) is 21.8 Å². The van der Waals surface area contributed by atoms with Crippen molar-refractivity contribution in [3.63, 3.8) is 0 Å². The molecule has 0 bridgehead atoms. The molecule has 1 N–H and O–H groups in total. The summed E-state index contributed by atoms with van der Waals surface area (Å²) in [5, 5.41) is 3.09. The molecule has 8 nitrogen and oxygen atoms in total. The fourth-order valence-corrected chi connectivity index (χ4v) is 5.32. The Bertz CT molecular complexity index is 1460. The SMILES string of the molecule is CC[C@@H](C)NC(=O)[C@H](Cc1ccccc1)N(Cc1ccccc1F)C(=O)CN(c1ccc(OC)c(Cl)c1)S(C)(=O)=O. The highest BCUT2D eigenvalue weighted by Crippen LogP contribution is 2.30. The van der Waals surface area contributed by atoms with E-state index in [1.54, 1.807) is 6.07 Å². The van der Waals surface area contributed by atoms with Crippen LogP contribution in [0.1, 0.15) is 31.4 Å². The Labute approximate surface area is 246 Å². The number of benzene rings is 3. The number of amides is 2. The quantitative estimate of drug-likeness (QED) is 0.303. The summed E-state index contributed by atoms with van der Waals surface area (Å²) in [5.41, 5.74) is 1.11. The molecule has 0 saturated heterocycles. The molecule has 220 valence electrons. The number of nitrogens with zero attached hydrogens (tertiary/aromatic N) is 2. The van der Waals surface area contributed by atoms with Gasteiger partial charge >= 0.3 is 0 Å². The molecule has 3 aromatic rings. The van der Waals surface area contributed by atoms with Gasteiger partial charge in [-0.05, 0) is 43.2 Å². The molecule has 2 atom stereocenters. The van der Waals surface area contributed by atoms with Gasteiger partial charge in [-0.1, -0.05) is 67.1 Å². The minimum absolute atomic E-state index is 0.135. The van der Waals surface area contributed by atoms with Crippen molar-refractivity contribution in [1.82, 2.24) is 10.2 Å². The summed E-state index contributed by atoms with van der Waals surface area (Å²) in [6, 6.07) is 18.2. The van der Waals surface area contributed by atoms with Crippen molar-refractivity contribution >= 4 is 39.1 Å². The third kappa shape index (κ3) is 8.68. The van der Waals surface area contributed by atoms with Crippen molar-refractivity contribution in [3.05, 3.63) is 94.8 Å². The molecule has 0 saturated carbocycles. The largest absolute Gasteiger partial charge is 0.495 e. The number of methoxy groups -OCH3 is 1. The zero-order valence-electron chi connectivity index (χ0n) is 23.5. The molecule has 0 spiro atoms. The highest BCUT2D eigenvalue weighted by Gasteiger charge is 2.34. The first-order valence-corrected chi connectivity index (χ1v) is 15.4. The van der Waals surface area contributed by atoms with Crippen molar-refractivity contribution in [1.29, 1.82) is 0 Å². The van der Waals surface area contributed by atoms with Crippen LogP contribution in [0.4, 0.5) is 10.1 Å². The summed E-state index contributed by atoms with van der Waals surface area (Å²) in [4.78, 5) is 28.9. The molecule has 0 unspecified atom stereocenters. The Morgan fingerprint density at radius 3 is 2.29 bits per heavy atom. The predicted octanol–water partition coefficient (Wildman–Crippen LogP) is 4.81. The maximum atomic E-state index is 14.8. The molecule has 11 heteroatoms. The molecule has 0 aliphatic rings. The van der Waals surface area contributed by atoms with Crippen LogP contribution in [0.2, 0.25) is 5.02 Å². The summed E-state index contributed by atoms with van der Waals surface area (Å²) in [5.74, 6) is -1.33. The van der Waals surface area contributed by atoms with Crippen LogP contribution in [0.15, 0.2) is 72.8 Å². The molecule has 3 rings (SSSR count). The van der Waals surface area contributed by atoms with E-state index in [1.807, 2.05) is 44.2 Å². The minimum Gasteiger partial charge on any atom is -0.495 e. The van der Waals surface area contributed by atoms with Crippen molar-refractivity contribution in [3.8, 4) is 5.75 Å². The van der Waals surface area contributed by atoms with Gasteiger partial charge in [0.25, 0.3) is 0 Å². The number of sulfonamides is 1. The average molecular weight is 604 g/mol. The van der Waals surface area contributed by atoms with E-state index in [0.29, 0.717) is 12.2 Å². The summed E-state index contributed by atoms with van der Waals surface area (Å²) in [7, 11) is -2.55. The average Bonchev–Trinajstić information content (AvgIpc) is 2.94. The second-order valence-electron chi connectivity index (χ2n) is 9.72. The molecule has 0 aromatic heterocycles. The van der Waals surface area contributed by atoms with Crippen molar-refractivity contribution in [2.75, 3.05) is 24.2 Å². The van der Waals surface area contributed by atoms with E-state index >= 15 is 0 Å². The first kappa shape index (κ1) is 31.9. The third-order valence-corrected chi connectivity index (χ3v) is 8.11. The Hall–Kier alpha value is -3.63. The first-order chi connectivity index (χ1) is 19.4. The fraction of sp³-hybridized carbons (Fsp3) is 0.333. The zero-order chi connectivity index (χ0) is 30.2. The minimum atomic E-state index is -3.98. The van der Waals surface area contributed by atoms with Crippen molar-refractivity contribution < 1.29 is 27.1 Å². The van der Waals surface area contributed by atoms with Crippen LogP contribution in [-0.4, -0.2) is 57.1 Å². The maximum Gasteiger partial charge on any atom is 0.244 e. The molecular weight excluding hydrogens is 569 g/mol. The highest BCUT2D eigenvalue weighted by molar-refractivity contribution is 7.92. The van der Waals surface area contributed by atoms with Gasteiger partial charge in [-0.15, -0.1) is 0 Å². The standard InChI is InChI=1S/C30H35ClFN3O5S/c1-5-21(2)33-30(37)27(17-22-11-7-6-8-12-22)34(19-23-13-9-10-14-26(23)32)29(36)20-35(41(4,38)39)24-15-16-28(40-3)25(31)18-24/h6-16,18,21,27H,5,17,19-20H2,1-4H3,(H,33,37)/t21-,27+/m1/s1. The summed E-state index contributed by atoms with van der Waals surface area (Å²) >= 11 is 6.26. The number of anilines is 1. The molecule has 0 fully saturated rings. The molecule has 0 heterocycles. The number of hydrogen-bond donors (Lipinski definition) is 1. The number of carbonyl (C=O) groups is 2. The topological polar surface area (TPSA) is 96.0 Å². The van der Waals surface area contributed by atoms with Gasteiger partial charge < -0.3 is 15.0 Å². The van der Waals surface area contributed by atoms with E-state index in [4.69, 9.17) is 16.3 Å². The molecule has 0 radical (unpaired) electrons. The third-order valence-electron chi connectivity index (χ3n) is 6.67. The van der Waals surface area contributed by atoms with Crippen LogP contribution >= 0.6 is 11.6 Å². The van der Waals surface area contributed by atoms with Gasteiger partial charge in [0.1, 0.15) is 24.2 Å². The molecule has 3 aromatic carbocycles. The van der Waals surface area contributed by atoms with Crippen LogP contribution in [0.25, 0.3) is 0 Å². The Kier molecular flexibility index (Phi) is 11.1. The van der Waals surface area contributed by atoms with Crippen molar-refractivity contribution in [2.24, 2.45) is 0 Å². The van der Waals surface area contributed by atoms with Crippen LogP contribution in [0, 0.1) is 5.82 Å². The number of ether oxygens (including phenoxy) is 1. The Balaban J connectivity index is 2.08. The number of carbonyl (C=O) groups excluding carboxylic acids is 2. The van der Waals surface area contributed by atoms with Gasteiger partial charge in [-0.2, -0.15) is 0 Å². The fourth-order valence-electron chi connectivity index (χ4n) is 4.23. The smallest absolute Gasteiger partial charge is 0.244 e. The summed E-state index contributed by atoms with van der Waals surface area (Å²) in [6.45, 7) is 2.87. The lowest BCUT2D eigenvalue weighted by atomic mass is 10.0. The van der Waals surface area contributed by atoms with Gasteiger partial charge in [0.15, 0.2) is 0 Å². The van der Waals surface area contributed by atoms with E-state index < -0.39 is 40.2 Å². The molecule has 2 amide bonds. The van der Waals surface area contributed by atoms with Crippen molar-refractivity contribution in [2.45, 2.75) is 45.3 Å². The van der Waals surface area contributed by atoms with E-state index in [0.717, 1.165) is 16.1 Å². The molecule has 0 aliphatic carbocycles. The number of nitrogens with one attached hydrogen (secondary N) is 1. The predicted molar refractivity (Wildman–Crippen MR) is 159 cm³/mol. The zero-order valence-corrected chi connectivity index (χ0v) is 25.1. The monoisotopic (exact) mass is 603 g/mol. The second-order valence-corrected chi connectivity index (χ2v) is 12.0. The lowest BCUT2D eigenvalue weighted by molar-refractivity contribution is -0.140. The van der Waals surface area contributed by atoms with E-state index in [1.165, 1.54) is 48.4 Å². The second kappa shape index (κ2) is 14.3. The van der Waals surface area contributed by atoms with Gasteiger partial charge in [-0.3, -0.25) is 13.9 Å². The number of rotatable bonds is 13. The van der Waals surface area contributed by atoms with Gasteiger partial charge in [0, 0.05) is 24.6 Å². The molecule has 41 heavy (non-hydrogen) atoms.